The second-order valence-electron chi connectivity index (χ2n) is 7.47. The SMILES string of the molecule is C.O=c1[nH]c(CSC2CCOCC2)nc2cc(NC3CCCCC3)cc(F)c12. The van der Waals surface area contributed by atoms with Crippen LogP contribution in [0, 0.1) is 5.82 Å². The Balaban J connectivity index is 0.00000225. The molecule has 0 radical (unpaired) electrons. The molecule has 2 fully saturated rings. The van der Waals surface area contributed by atoms with Crippen molar-refractivity contribution < 1.29 is 9.13 Å². The minimum atomic E-state index is -0.511. The number of anilines is 1. The Morgan fingerprint density at radius 2 is 1.93 bits per heavy atom. The number of benzene rings is 1. The lowest BCUT2D eigenvalue weighted by atomic mass is 9.95. The minimum Gasteiger partial charge on any atom is -0.382 e. The lowest BCUT2D eigenvalue weighted by molar-refractivity contribution is 0.1000. The summed E-state index contributed by atoms with van der Waals surface area (Å²) in [6.07, 6.45) is 7.94. The zero-order valence-electron chi connectivity index (χ0n) is 15.4. The van der Waals surface area contributed by atoms with Crippen molar-refractivity contribution in [3.05, 3.63) is 34.1 Å². The third-order valence-corrected chi connectivity index (χ3v) is 6.79. The number of nitrogens with one attached hydrogen (secondary N) is 2. The molecule has 28 heavy (non-hydrogen) atoms. The van der Waals surface area contributed by atoms with Crippen LogP contribution >= 0.6 is 11.8 Å². The monoisotopic (exact) mass is 407 g/mol. The highest BCUT2D eigenvalue weighted by Gasteiger charge is 2.17. The summed E-state index contributed by atoms with van der Waals surface area (Å²) in [6.45, 7) is 1.58. The summed E-state index contributed by atoms with van der Waals surface area (Å²) in [7, 11) is 0. The fourth-order valence-corrected chi connectivity index (χ4v) is 5.00. The molecule has 1 aromatic carbocycles. The van der Waals surface area contributed by atoms with Crippen molar-refractivity contribution >= 4 is 28.4 Å². The second kappa shape index (κ2) is 9.74. The van der Waals surface area contributed by atoms with Gasteiger partial charge in [-0.2, -0.15) is 11.8 Å². The van der Waals surface area contributed by atoms with Gasteiger partial charge in [-0.25, -0.2) is 9.37 Å². The number of aromatic amines is 1. The van der Waals surface area contributed by atoms with Crippen molar-refractivity contribution in [1.29, 1.82) is 0 Å². The third kappa shape index (κ3) is 5.06. The smallest absolute Gasteiger partial charge is 0.261 e. The van der Waals surface area contributed by atoms with Crippen LogP contribution in [0.2, 0.25) is 0 Å². The zero-order valence-corrected chi connectivity index (χ0v) is 16.2. The van der Waals surface area contributed by atoms with E-state index in [1.54, 1.807) is 11.8 Å². The topological polar surface area (TPSA) is 67.0 Å². The fraction of sp³-hybridized carbons (Fsp3) is 0.619. The van der Waals surface area contributed by atoms with Gasteiger partial charge in [0.05, 0.1) is 11.3 Å². The van der Waals surface area contributed by atoms with E-state index < -0.39 is 11.4 Å². The molecule has 1 aliphatic heterocycles. The summed E-state index contributed by atoms with van der Waals surface area (Å²) in [5.74, 6) is 0.721. The van der Waals surface area contributed by atoms with Crippen LogP contribution in [0.25, 0.3) is 10.9 Å². The highest BCUT2D eigenvalue weighted by Crippen LogP contribution is 2.27. The summed E-state index contributed by atoms with van der Waals surface area (Å²) in [5, 5.41) is 3.99. The Bertz CT molecular complexity index is 845. The molecule has 2 N–H and O–H groups in total. The first-order chi connectivity index (χ1) is 13.2. The van der Waals surface area contributed by atoms with Crippen LogP contribution in [0.1, 0.15) is 58.2 Å². The summed E-state index contributed by atoms with van der Waals surface area (Å²) >= 11 is 1.78. The van der Waals surface area contributed by atoms with E-state index in [9.17, 15) is 9.18 Å². The molecule has 4 rings (SSSR count). The van der Waals surface area contributed by atoms with E-state index in [0.29, 0.717) is 34.1 Å². The predicted molar refractivity (Wildman–Crippen MR) is 115 cm³/mol. The van der Waals surface area contributed by atoms with Crippen LogP contribution in [-0.2, 0) is 10.5 Å². The van der Waals surface area contributed by atoms with Gasteiger partial charge in [-0.1, -0.05) is 26.7 Å². The van der Waals surface area contributed by atoms with Crippen molar-refractivity contribution in [1.82, 2.24) is 9.97 Å². The molecule has 2 heterocycles. The van der Waals surface area contributed by atoms with E-state index in [4.69, 9.17) is 4.74 Å². The van der Waals surface area contributed by atoms with E-state index in [1.807, 2.05) is 6.07 Å². The molecule has 1 aromatic heterocycles. The van der Waals surface area contributed by atoms with E-state index in [2.05, 4.69) is 15.3 Å². The molecule has 0 atom stereocenters. The molecule has 1 saturated carbocycles. The molecule has 154 valence electrons. The van der Waals surface area contributed by atoms with Crippen molar-refractivity contribution in [2.24, 2.45) is 0 Å². The van der Waals surface area contributed by atoms with Gasteiger partial charge in [0.1, 0.15) is 17.0 Å². The minimum absolute atomic E-state index is 0. The van der Waals surface area contributed by atoms with Crippen molar-refractivity contribution in [2.45, 2.75) is 69.4 Å². The molecule has 7 heteroatoms. The van der Waals surface area contributed by atoms with Gasteiger partial charge in [0.15, 0.2) is 0 Å². The van der Waals surface area contributed by atoms with Crippen LogP contribution in [-0.4, -0.2) is 34.5 Å². The maximum absolute atomic E-state index is 14.6. The molecule has 2 aromatic rings. The number of H-pyrrole nitrogens is 1. The van der Waals surface area contributed by atoms with Crippen LogP contribution in [0.15, 0.2) is 16.9 Å². The first-order valence-electron chi connectivity index (χ1n) is 9.87. The number of hydrogen-bond acceptors (Lipinski definition) is 5. The maximum atomic E-state index is 14.6. The first kappa shape index (κ1) is 21.1. The van der Waals surface area contributed by atoms with Gasteiger partial charge in [-0.15, -0.1) is 0 Å². The number of hydrogen-bond donors (Lipinski definition) is 2. The molecule has 1 aliphatic carbocycles. The van der Waals surface area contributed by atoms with Gasteiger partial charge in [-0.05, 0) is 37.8 Å². The Kier molecular flexibility index (Phi) is 7.35. The number of aromatic nitrogens is 2. The Hall–Kier alpha value is -1.60. The van der Waals surface area contributed by atoms with Crippen LogP contribution in [0.3, 0.4) is 0 Å². The van der Waals surface area contributed by atoms with Gasteiger partial charge in [0.2, 0.25) is 0 Å². The molecule has 0 amide bonds. The normalized spacial score (nSPS) is 18.8. The number of rotatable bonds is 5. The van der Waals surface area contributed by atoms with E-state index in [0.717, 1.165) is 38.9 Å². The standard InChI is InChI=1S/C20H26FN3O2S.CH4/c21-16-10-14(22-13-4-2-1-3-5-13)11-17-19(16)20(25)24-18(23-17)12-27-15-6-8-26-9-7-15;/h10-11,13,15,22H,1-9,12H2,(H,23,24,25);1H4. The molecule has 0 bridgehead atoms. The number of halogens is 1. The average Bonchev–Trinajstić information content (AvgIpc) is 2.67. The van der Waals surface area contributed by atoms with Crippen molar-refractivity contribution in [3.63, 3.8) is 0 Å². The lowest BCUT2D eigenvalue weighted by Gasteiger charge is -2.24. The summed E-state index contributed by atoms with van der Waals surface area (Å²) in [4.78, 5) is 19.7. The molecule has 0 unspecified atom stereocenters. The average molecular weight is 408 g/mol. The van der Waals surface area contributed by atoms with Crippen LogP contribution in [0.5, 0.6) is 0 Å². The van der Waals surface area contributed by atoms with Gasteiger partial charge in [0, 0.05) is 30.2 Å². The first-order valence-corrected chi connectivity index (χ1v) is 10.9. The third-order valence-electron chi connectivity index (χ3n) is 5.41. The largest absolute Gasteiger partial charge is 0.382 e. The van der Waals surface area contributed by atoms with Crippen LogP contribution < -0.4 is 10.9 Å². The summed E-state index contributed by atoms with van der Waals surface area (Å²) in [5.41, 5.74) is 0.747. The Labute approximate surface area is 169 Å². The number of ether oxygens (including phenoxy) is 1. The fourth-order valence-electron chi connectivity index (χ4n) is 3.95. The highest BCUT2D eigenvalue weighted by molar-refractivity contribution is 7.99. The quantitative estimate of drug-likeness (QED) is 0.741. The summed E-state index contributed by atoms with van der Waals surface area (Å²) in [6, 6.07) is 3.61. The number of thioether (sulfide) groups is 1. The van der Waals surface area contributed by atoms with E-state index in [-0.39, 0.29) is 12.8 Å². The van der Waals surface area contributed by atoms with Gasteiger partial charge in [0.25, 0.3) is 5.56 Å². The second-order valence-corrected chi connectivity index (χ2v) is 8.76. The predicted octanol–water partition coefficient (Wildman–Crippen LogP) is 4.86. The molecule has 1 saturated heterocycles. The molecular formula is C21H30FN3O2S. The Morgan fingerprint density at radius 1 is 1.18 bits per heavy atom. The number of fused-ring (bicyclic) bond motifs is 1. The molecule has 5 nitrogen and oxygen atoms in total. The van der Waals surface area contributed by atoms with Crippen molar-refractivity contribution in [2.75, 3.05) is 18.5 Å². The maximum Gasteiger partial charge on any atom is 0.261 e. The molecule has 0 spiro atoms. The highest BCUT2D eigenvalue weighted by atomic mass is 32.2. The molecular weight excluding hydrogens is 377 g/mol. The van der Waals surface area contributed by atoms with Crippen molar-refractivity contribution in [3.8, 4) is 0 Å². The van der Waals surface area contributed by atoms with E-state index >= 15 is 0 Å². The van der Waals surface area contributed by atoms with E-state index in [1.165, 1.54) is 25.3 Å². The van der Waals surface area contributed by atoms with Gasteiger partial charge < -0.3 is 15.0 Å². The Morgan fingerprint density at radius 3 is 2.68 bits per heavy atom. The molecule has 2 aliphatic rings. The summed E-state index contributed by atoms with van der Waals surface area (Å²) < 4.78 is 19.9. The van der Waals surface area contributed by atoms with Crippen LogP contribution in [0.4, 0.5) is 10.1 Å². The van der Waals surface area contributed by atoms with Gasteiger partial charge in [-0.3, -0.25) is 4.79 Å². The number of nitrogens with zero attached hydrogens (tertiary/aromatic N) is 1. The lowest BCUT2D eigenvalue weighted by Crippen LogP contribution is -2.22. The van der Waals surface area contributed by atoms with Gasteiger partial charge >= 0.3 is 0 Å². The zero-order chi connectivity index (χ0) is 18.6.